The van der Waals surface area contributed by atoms with E-state index in [0.29, 0.717) is 5.54 Å². The zero-order valence-corrected chi connectivity index (χ0v) is 12.7. The van der Waals surface area contributed by atoms with Gasteiger partial charge in [0.15, 0.2) is 0 Å². The van der Waals surface area contributed by atoms with E-state index in [9.17, 15) is 0 Å². The van der Waals surface area contributed by atoms with Gasteiger partial charge in [-0.15, -0.1) is 0 Å². The second kappa shape index (κ2) is 7.61. The van der Waals surface area contributed by atoms with Gasteiger partial charge in [-0.1, -0.05) is 26.2 Å². The minimum atomic E-state index is 0.312. The Morgan fingerprint density at radius 1 is 1.16 bits per heavy atom. The molecule has 0 aromatic carbocycles. The molecule has 112 valence electrons. The summed E-state index contributed by atoms with van der Waals surface area (Å²) in [6.45, 7) is 7.52. The fourth-order valence-electron chi connectivity index (χ4n) is 3.89. The SMILES string of the molecule is CCCN(CC1CCOCC1)C1(CN)CCCCC1. The summed E-state index contributed by atoms with van der Waals surface area (Å²) in [5, 5.41) is 0. The largest absolute Gasteiger partial charge is 0.381 e. The Labute approximate surface area is 118 Å². The topological polar surface area (TPSA) is 38.5 Å². The average Bonchev–Trinajstić information content (AvgIpc) is 2.48. The van der Waals surface area contributed by atoms with Crippen LogP contribution < -0.4 is 5.73 Å². The third-order valence-electron chi connectivity index (χ3n) is 5.15. The summed E-state index contributed by atoms with van der Waals surface area (Å²) >= 11 is 0. The van der Waals surface area contributed by atoms with Crippen LogP contribution in [-0.2, 0) is 4.74 Å². The first-order valence-corrected chi connectivity index (χ1v) is 8.33. The molecule has 2 N–H and O–H groups in total. The monoisotopic (exact) mass is 268 g/mol. The highest BCUT2D eigenvalue weighted by atomic mass is 16.5. The van der Waals surface area contributed by atoms with Gasteiger partial charge in [-0.3, -0.25) is 4.90 Å². The zero-order chi connectivity index (χ0) is 13.6. The van der Waals surface area contributed by atoms with Crippen LogP contribution in [-0.4, -0.2) is 43.3 Å². The molecule has 1 aliphatic carbocycles. The summed E-state index contributed by atoms with van der Waals surface area (Å²) in [5.74, 6) is 0.825. The van der Waals surface area contributed by atoms with Gasteiger partial charge in [0.25, 0.3) is 0 Å². The van der Waals surface area contributed by atoms with Crippen molar-refractivity contribution < 1.29 is 4.74 Å². The van der Waals surface area contributed by atoms with Crippen LogP contribution in [0.15, 0.2) is 0 Å². The highest BCUT2D eigenvalue weighted by molar-refractivity contribution is 4.94. The fraction of sp³-hybridized carbons (Fsp3) is 1.00. The van der Waals surface area contributed by atoms with Crippen molar-refractivity contribution in [1.29, 1.82) is 0 Å². The molecule has 0 spiro atoms. The summed E-state index contributed by atoms with van der Waals surface area (Å²) in [4.78, 5) is 2.75. The molecule has 1 saturated heterocycles. The van der Waals surface area contributed by atoms with Crippen molar-refractivity contribution in [2.24, 2.45) is 11.7 Å². The molecule has 0 amide bonds. The smallest absolute Gasteiger partial charge is 0.0469 e. The van der Waals surface area contributed by atoms with Crippen molar-refractivity contribution in [3.8, 4) is 0 Å². The molecule has 2 aliphatic rings. The van der Waals surface area contributed by atoms with Crippen LogP contribution in [0.4, 0.5) is 0 Å². The second-order valence-electron chi connectivity index (χ2n) is 6.49. The lowest BCUT2D eigenvalue weighted by Crippen LogP contribution is -2.56. The van der Waals surface area contributed by atoms with Crippen molar-refractivity contribution in [3.05, 3.63) is 0 Å². The normalized spacial score (nSPS) is 24.8. The fourth-order valence-corrected chi connectivity index (χ4v) is 3.89. The van der Waals surface area contributed by atoms with Crippen molar-refractivity contribution >= 4 is 0 Å². The molecule has 3 heteroatoms. The van der Waals surface area contributed by atoms with Gasteiger partial charge in [-0.2, -0.15) is 0 Å². The van der Waals surface area contributed by atoms with Gasteiger partial charge in [0, 0.05) is 31.8 Å². The van der Waals surface area contributed by atoms with Crippen LogP contribution in [0.25, 0.3) is 0 Å². The minimum Gasteiger partial charge on any atom is -0.381 e. The van der Waals surface area contributed by atoms with E-state index in [2.05, 4.69) is 11.8 Å². The average molecular weight is 268 g/mol. The van der Waals surface area contributed by atoms with E-state index in [1.54, 1.807) is 0 Å². The van der Waals surface area contributed by atoms with E-state index in [1.807, 2.05) is 0 Å². The van der Waals surface area contributed by atoms with Crippen LogP contribution in [0.1, 0.15) is 58.3 Å². The number of nitrogens with zero attached hydrogens (tertiary/aromatic N) is 1. The first-order valence-electron chi connectivity index (χ1n) is 8.33. The number of rotatable bonds is 6. The Kier molecular flexibility index (Phi) is 6.11. The van der Waals surface area contributed by atoms with Crippen LogP contribution in [0.5, 0.6) is 0 Å². The Balaban J connectivity index is 1.99. The molecule has 2 fully saturated rings. The number of hydrogen-bond donors (Lipinski definition) is 1. The number of ether oxygens (including phenoxy) is 1. The molecule has 1 heterocycles. The van der Waals surface area contributed by atoms with Gasteiger partial charge >= 0.3 is 0 Å². The Morgan fingerprint density at radius 2 is 1.84 bits per heavy atom. The second-order valence-corrected chi connectivity index (χ2v) is 6.49. The predicted molar refractivity (Wildman–Crippen MR) is 80.3 cm³/mol. The lowest BCUT2D eigenvalue weighted by Gasteiger charge is -2.47. The molecular weight excluding hydrogens is 236 g/mol. The summed E-state index contributed by atoms with van der Waals surface area (Å²) in [5.41, 5.74) is 6.52. The van der Waals surface area contributed by atoms with E-state index in [1.165, 1.54) is 64.5 Å². The highest BCUT2D eigenvalue weighted by Crippen LogP contribution is 2.34. The molecule has 19 heavy (non-hydrogen) atoms. The molecule has 0 aromatic rings. The minimum absolute atomic E-state index is 0.312. The number of hydrogen-bond acceptors (Lipinski definition) is 3. The summed E-state index contributed by atoms with van der Waals surface area (Å²) in [7, 11) is 0. The summed E-state index contributed by atoms with van der Waals surface area (Å²) in [6, 6.07) is 0. The van der Waals surface area contributed by atoms with Gasteiger partial charge in [-0.25, -0.2) is 0 Å². The van der Waals surface area contributed by atoms with Gasteiger partial charge in [-0.05, 0) is 44.6 Å². The molecule has 3 nitrogen and oxygen atoms in total. The van der Waals surface area contributed by atoms with Crippen LogP contribution in [0.3, 0.4) is 0 Å². The lowest BCUT2D eigenvalue weighted by atomic mass is 9.79. The molecule has 0 bridgehead atoms. The molecule has 0 aromatic heterocycles. The zero-order valence-electron chi connectivity index (χ0n) is 12.7. The molecular formula is C16H32N2O. The molecule has 1 aliphatic heterocycles. The van der Waals surface area contributed by atoms with Crippen molar-refractivity contribution in [3.63, 3.8) is 0 Å². The third kappa shape index (κ3) is 3.93. The van der Waals surface area contributed by atoms with Gasteiger partial charge in [0.2, 0.25) is 0 Å². The van der Waals surface area contributed by atoms with Gasteiger partial charge in [0.1, 0.15) is 0 Å². The first-order chi connectivity index (χ1) is 9.30. The maximum absolute atomic E-state index is 6.21. The maximum atomic E-state index is 6.21. The van der Waals surface area contributed by atoms with E-state index >= 15 is 0 Å². The van der Waals surface area contributed by atoms with E-state index in [0.717, 1.165) is 25.7 Å². The molecule has 2 rings (SSSR count). The Bertz CT molecular complexity index is 245. The quantitative estimate of drug-likeness (QED) is 0.805. The maximum Gasteiger partial charge on any atom is 0.0469 e. The summed E-state index contributed by atoms with van der Waals surface area (Å²) in [6.07, 6.45) is 10.5. The Morgan fingerprint density at radius 3 is 2.42 bits per heavy atom. The van der Waals surface area contributed by atoms with Crippen molar-refractivity contribution in [2.75, 3.05) is 32.8 Å². The molecule has 0 unspecified atom stereocenters. The Hall–Kier alpha value is -0.120. The van der Waals surface area contributed by atoms with Crippen molar-refractivity contribution in [2.45, 2.75) is 63.8 Å². The third-order valence-corrected chi connectivity index (χ3v) is 5.15. The highest BCUT2D eigenvalue weighted by Gasteiger charge is 2.37. The van der Waals surface area contributed by atoms with E-state index in [-0.39, 0.29) is 0 Å². The first kappa shape index (κ1) is 15.3. The van der Waals surface area contributed by atoms with E-state index < -0.39 is 0 Å². The van der Waals surface area contributed by atoms with Crippen LogP contribution >= 0.6 is 0 Å². The van der Waals surface area contributed by atoms with Crippen LogP contribution in [0, 0.1) is 5.92 Å². The molecule has 1 saturated carbocycles. The standard InChI is InChI=1S/C16H32N2O/c1-2-10-18(13-15-6-11-19-12-7-15)16(14-17)8-4-3-5-9-16/h15H,2-14,17H2,1H3. The lowest BCUT2D eigenvalue weighted by molar-refractivity contribution is 0.00857. The van der Waals surface area contributed by atoms with Crippen molar-refractivity contribution in [1.82, 2.24) is 4.90 Å². The molecule has 0 radical (unpaired) electrons. The van der Waals surface area contributed by atoms with E-state index in [4.69, 9.17) is 10.5 Å². The summed E-state index contributed by atoms with van der Waals surface area (Å²) < 4.78 is 5.49. The van der Waals surface area contributed by atoms with Gasteiger partial charge in [0.05, 0.1) is 0 Å². The predicted octanol–water partition coefficient (Wildman–Crippen LogP) is 2.79. The number of nitrogens with two attached hydrogens (primary N) is 1. The van der Waals surface area contributed by atoms with Gasteiger partial charge < -0.3 is 10.5 Å². The molecule has 0 atom stereocenters. The van der Waals surface area contributed by atoms with Crippen LogP contribution in [0.2, 0.25) is 0 Å².